The molecule has 0 aliphatic carbocycles. The Morgan fingerprint density at radius 2 is 1.73 bits per heavy atom. The first-order valence-electron chi connectivity index (χ1n) is 7.52. The monoisotopic (exact) mass is 312 g/mol. The number of ether oxygens (including phenoxy) is 2. The van der Waals surface area contributed by atoms with Crippen LogP contribution in [-0.2, 0) is 16.1 Å². The maximum atomic E-state index is 5.92. The molecule has 0 saturated heterocycles. The van der Waals surface area contributed by atoms with E-state index in [0.29, 0.717) is 13.2 Å². The van der Waals surface area contributed by atoms with Gasteiger partial charge >= 0.3 is 0 Å². The van der Waals surface area contributed by atoms with Crippen LogP contribution in [-0.4, -0.2) is 12.7 Å². The van der Waals surface area contributed by atoms with Gasteiger partial charge in [0, 0.05) is 16.2 Å². The molecule has 0 aromatic heterocycles. The second-order valence-corrected chi connectivity index (χ2v) is 6.51. The van der Waals surface area contributed by atoms with Crippen molar-refractivity contribution in [3.63, 3.8) is 0 Å². The van der Waals surface area contributed by atoms with Crippen molar-refractivity contribution in [3.8, 4) is 0 Å². The molecule has 3 rings (SSSR count). The molecule has 0 saturated carbocycles. The van der Waals surface area contributed by atoms with Gasteiger partial charge in [0.15, 0.2) is 0 Å². The zero-order chi connectivity index (χ0) is 15.2. The van der Waals surface area contributed by atoms with Gasteiger partial charge in [-0.2, -0.15) is 0 Å². The zero-order valence-electron chi connectivity index (χ0n) is 12.7. The van der Waals surface area contributed by atoms with Gasteiger partial charge in [-0.25, -0.2) is 0 Å². The predicted octanol–water partition coefficient (Wildman–Crippen LogP) is 5.02. The molecule has 1 atom stereocenters. The third-order valence-corrected chi connectivity index (χ3v) is 4.76. The standard InChI is InChI=1S/C19H20O2S/c1-15-19(22-18-10-6-3-7-11-18)12-17(21-15)14-20-13-16-8-4-2-5-9-16/h2-11,17H,12-14H2,1H3. The fourth-order valence-electron chi connectivity index (χ4n) is 2.43. The molecular formula is C19H20O2S. The van der Waals surface area contributed by atoms with Crippen LogP contribution in [0.15, 0.2) is 76.2 Å². The largest absolute Gasteiger partial charge is 0.491 e. The molecule has 3 heteroatoms. The molecule has 0 N–H and O–H groups in total. The Labute approximate surface area is 136 Å². The van der Waals surface area contributed by atoms with E-state index in [4.69, 9.17) is 9.47 Å². The van der Waals surface area contributed by atoms with E-state index in [1.807, 2.05) is 31.2 Å². The van der Waals surface area contributed by atoms with E-state index in [1.165, 1.54) is 15.4 Å². The van der Waals surface area contributed by atoms with E-state index in [1.54, 1.807) is 11.8 Å². The minimum absolute atomic E-state index is 0.134. The van der Waals surface area contributed by atoms with Crippen molar-refractivity contribution in [2.24, 2.45) is 0 Å². The lowest BCUT2D eigenvalue weighted by atomic mass is 10.2. The number of hydrogen-bond acceptors (Lipinski definition) is 3. The summed E-state index contributed by atoms with van der Waals surface area (Å²) in [7, 11) is 0. The van der Waals surface area contributed by atoms with Crippen LogP contribution < -0.4 is 0 Å². The summed E-state index contributed by atoms with van der Waals surface area (Å²) >= 11 is 1.79. The quantitative estimate of drug-likeness (QED) is 0.746. The van der Waals surface area contributed by atoms with Crippen molar-refractivity contribution in [2.45, 2.75) is 31.0 Å². The molecule has 22 heavy (non-hydrogen) atoms. The Hall–Kier alpha value is -1.71. The number of thioether (sulfide) groups is 1. The molecule has 0 spiro atoms. The second-order valence-electron chi connectivity index (χ2n) is 5.34. The molecule has 1 heterocycles. The van der Waals surface area contributed by atoms with Gasteiger partial charge in [0.1, 0.15) is 11.9 Å². The van der Waals surface area contributed by atoms with Crippen LogP contribution in [0.25, 0.3) is 0 Å². The average Bonchev–Trinajstić information content (AvgIpc) is 2.89. The topological polar surface area (TPSA) is 18.5 Å². The summed E-state index contributed by atoms with van der Waals surface area (Å²) in [4.78, 5) is 2.56. The van der Waals surface area contributed by atoms with Crippen molar-refractivity contribution >= 4 is 11.8 Å². The molecule has 2 aromatic rings. The van der Waals surface area contributed by atoms with Crippen LogP contribution in [0.1, 0.15) is 18.9 Å². The maximum Gasteiger partial charge on any atom is 0.126 e. The molecule has 1 unspecified atom stereocenters. The highest BCUT2D eigenvalue weighted by atomic mass is 32.2. The molecule has 1 aliphatic rings. The molecule has 0 radical (unpaired) electrons. The number of benzene rings is 2. The van der Waals surface area contributed by atoms with Crippen molar-refractivity contribution in [3.05, 3.63) is 76.9 Å². The zero-order valence-corrected chi connectivity index (χ0v) is 13.5. The Kier molecular flexibility index (Phi) is 5.20. The second kappa shape index (κ2) is 7.52. The van der Waals surface area contributed by atoms with E-state index in [2.05, 4.69) is 36.4 Å². The van der Waals surface area contributed by atoms with Crippen LogP contribution in [0.2, 0.25) is 0 Å². The highest BCUT2D eigenvalue weighted by molar-refractivity contribution is 8.03. The summed E-state index contributed by atoms with van der Waals surface area (Å²) in [6.07, 6.45) is 1.06. The summed E-state index contributed by atoms with van der Waals surface area (Å²) in [5, 5.41) is 0. The van der Waals surface area contributed by atoms with E-state index >= 15 is 0 Å². The van der Waals surface area contributed by atoms with Gasteiger partial charge < -0.3 is 9.47 Å². The Balaban J connectivity index is 1.46. The average molecular weight is 312 g/mol. The summed E-state index contributed by atoms with van der Waals surface area (Å²) in [5.41, 5.74) is 1.20. The highest BCUT2D eigenvalue weighted by Gasteiger charge is 2.24. The van der Waals surface area contributed by atoms with E-state index in [0.717, 1.165) is 12.2 Å². The molecule has 0 amide bonds. The van der Waals surface area contributed by atoms with Gasteiger partial charge in [-0.15, -0.1) is 0 Å². The van der Waals surface area contributed by atoms with E-state index < -0.39 is 0 Å². The molecule has 2 nitrogen and oxygen atoms in total. The highest BCUT2D eigenvalue weighted by Crippen LogP contribution is 2.37. The van der Waals surface area contributed by atoms with Gasteiger partial charge in [-0.3, -0.25) is 0 Å². The molecule has 114 valence electrons. The normalized spacial score (nSPS) is 17.6. The third kappa shape index (κ3) is 4.15. The number of allylic oxidation sites excluding steroid dienone is 1. The number of hydrogen-bond donors (Lipinski definition) is 0. The van der Waals surface area contributed by atoms with Crippen molar-refractivity contribution < 1.29 is 9.47 Å². The van der Waals surface area contributed by atoms with Crippen molar-refractivity contribution in [1.82, 2.24) is 0 Å². The lowest BCUT2D eigenvalue weighted by Crippen LogP contribution is -2.14. The van der Waals surface area contributed by atoms with Gasteiger partial charge in [0.25, 0.3) is 0 Å². The fourth-order valence-corrected chi connectivity index (χ4v) is 3.47. The van der Waals surface area contributed by atoms with Gasteiger partial charge in [0.2, 0.25) is 0 Å². The van der Waals surface area contributed by atoms with E-state index in [-0.39, 0.29) is 6.10 Å². The van der Waals surface area contributed by atoms with Crippen LogP contribution in [0.5, 0.6) is 0 Å². The lowest BCUT2D eigenvalue weighted by Gasteiger charge is -2.12. The Bertz CT molecular complexity index is 622. The van der Waals surface area contributed by atoms with Crippen molar-refractivity contribution in [1.29, 1.82) is 0 Å². The minimum atomic E-state index is 0.134. The van der Waals surface area contributed by atoms with Gasteiger partial charge in [-0.1, -0.05) is 60.3 Å². The van der Waals surface area contributed by atoms with Crippen LogP contribution in [0.3, 0.4) is 0 Å². The maximum absolute atomic E-state index is 5.92. The summed E-state index contributed by atoms with van der Waals surface area (Å²) in [6.45, 7) is 3.31. The summed E-state index contributed by atoms with van der Waals surface area (Å²) in [6, 6.07) is 20.7. The van der Waals surface area contributed by atoms with Crippen LogP contribution >= 0.6 is 11.8 Å². The third-order valence-electron chi connectivity index (χ3n) is 3.55. The predicted molar refractivity (Wildman–Crippen MR) is 90.6 cm³/mol. The van der Waals surface area contributed by atoms with E-state index in [9.17, 15) is 0 Å². The molecule has 1 aliphatic heterocycles. The smallest absolute Gasteiger partial charge is 0.126 e. The first kappa shape index (κ1) is 15.2. The number of rotatable bonds is 6. The minimum Gasteiger partial charge on any atom is -0.491 e. The molecule has 2 aromatic carbocycles. The molecule has 0 bridgehead atoms. The molecule has 0 fully saturated rings. The summed E-state index contributed by atoms with van der Waals surface area (Å²) in [5.74, 6) is 1.03. The van der Waals surface area contributed by atoms with Gasteiger partial charge in [0.05, 0.1) is 13.2 Å². The van der Waals surface area contributed by atoms with Gasteiger partial charge in [-0.05, 0) is 24.6 Å². The SMILES string of the molecule is CC1=C(Sc2ccccc2)CC(COCc2ccccc2)O1. The Morgan fingerprint density at radius 3 is 2.45 bits per heavy atom. The Morgan fingerprint density at radius 1 is 1.05 bits per heavy atom. The fraction of sp³-hybridized carbons (Fsp3) is 0.263. The first-order chi connectivity index (χ1) is 10.8. The molecular weight excluding hydrogens is 292 g/mol. The first-order valence-corrected chi connectivity index (χ1v) is 8.34. The summed E-state index contributed by atoms with van der Waals surface area (Å²) < 4.78 is 11.7. The van der Waals surface area contributed by atoms with Crippen LogP contribution in [0, 0.1) is 0 Å². The lowest BCUT2D eigenvalue weighted by molar-refractivity contribution is 0.0226. The van der Waals surface area contributed by atoms with Crippen molar-refractivity contribution in [2.75, 3.05) is 6.61 Å². The van der Waals surface area contributed by atoms with Crippen LogP contribution in [0.4, 0.5) is 0 Å².